The smallest absolute Gasteiger partial charge is 0.246 e. The average Bonchev–Trinajstić information content (AvgIpc) is 3.82. The molecule has 2 aromatic carbocycles. The zero-order valence-electron chi connectivity index (χ0n) is 26.2. The predicted molar refractivity (Wildman–Crippen MR) is 178 cm³/mol. The average molecular weight is 655 g/mol. The number of methoxy groups -OCH3 is 1. The van der Waals surface area contributed by atoms with Crippen molar-refractivity contribution in [2.75, 3.05) is 26.9 Å². The lowest BCUT2D eigenvalue weighted by molar-refractivity contribution is -0.129. The maximum absolute atomic E-state index is 16.1. The van der Waals surface area contributed by atoms with Gasteiger partial charge in [0.15, 0.2) is 0 Å². The number of fused-ring (bicyclic) bond motifs is 3. The fourth-order valence-electron chi connectivity index (χ4n) is 6.44. The molecule has 0 N–H and O–H groups in total. The van der Waals surface area contributed by atoms with Gasteiger partial charge in [-0.3, -0.25) is 14.2 Å². The Morgan fingerprint density at radius 1 is 1.11 bits per heavy atom. The van der Waals surface area contributed by atoms with Crippen molar-refractivity contribution in [3.8, 4) is 39.5 Å². The van der Waals surface area contributed by atoms with Gasteiger partial charge >= 0.3 is 0 Å². The van der Waals surface area contributed by atoms with E-state index in [4.69, 9.17) is 19.6 Å². The van der Waals surface area contributed by atoms with Crippen LogP contribution in [0.15, 0.2) is 66.7 Å². The Kier molecular flexibility index (Phi) is 8.06. The molecular weight excluding hydrogens is 622 g/mol. The molecule has 7 rings (SSSR count). The Morgan fingerprint density at radius 2 is 1.96 bits per heavy atom. The van der Waals surface area contributed by atoms with Crippen LogP contribution in [0.25, 0.3) is 54.8 Å². The molecule has 12 heteroatoms. The van der Waals surface area contributed by atoms with E-state index in [1.54, 1.807) is 11.1 Å². The Bertz CT molecular complexity index is 2170. The summed E-state index contributed by atoms with van der Waals surface area (Å²) in [6.45, 7) is 6.97. The standard InChI is InChI=1S/C35H32F2N6O3S/c1-5-26-28-18-25(40-43(28)11-10-42(26)30(44)6-2)34-32(31-24(37)16-22(36)17-29(31)46-13-12-45-4)35-23(9-14-47-35)33(39-34)20-7-8-27-21(15-20)19-38-41(27)3/h6-9,14-19,26H,2,5,10-13H2,1,3-4H3. The van der Waals surface area contributed by atoms with Crippen molar-refractivity contribution >= 4 is 38.2 Å². The number of aryl methyl sites for hydroxylation is 1. The van der Waals surface area contributed by atoms with E-state index in [-0.39, 0.29) is 36.5 Å². The Balaban J connectivity index is 1.51. The number of hydrogen-bond donors (Lipinski definition) is 0. The monoisotopic (exact) mass is 654 g/mol. The molecule has 47 heavy (non-hydrogen) atoms. The Labute approximate surface area is 273 Å². The molecule has 4 aromatic heterocycles. The quantitative estimate of drug-likeness (QED) is 0.121. The first kappa shape index (κ1) is 30.7. The van der Waals surface area contributed by atoms with Crippen LogP contribution in [-0.4, -0.2) is 62.2 Å². The van der Waals surface area contributed by atoms with Crippen LogP contribution in [0.1, 0.15) is 25.1 Å². The molecule has 1 aliphatic rings. The van der Waals surface area contributed by atoms with Gasteiger partial charge in [-0.15, -0.1) is 11.3 Å². The maximum Gasteiger partial charge on any atom is 0.246 e. The molecule has 0 saturated carbocycles. The number of nitrogens with zero attached hydrogens (tertiary/aromatic N) is 6. The summed E-state index contributed by atoms with van der Waals surface area (Å²) < 4.78 is 46.3. The van der Waals surface area contributed by atoms with Gasteiger partial charge in [-0.25, -0.2) is 13.8 Å². The number of carbonyl (C=O) groups is 1. The van der Waals surface area contributed by atoms with Gasteiger partial charge in [0, 0.05) is 59.4 Å². The number of halogens is 2. The van der Waals surface area contributed by atoms with Gasteiger partial charge in [0.05, 0.1) is 47.9 Å². The van der Waals surface area contributed by atoms with Crippen LogP contribution in [-0.2, 0) is 23.1 Å². The molecule has 1 aliphatic heterocycles. The highest BCUT2D eigenvalue weighted by atomic mass is 32.1. The first-order valence-corrected chi connectivity index (χ1v) is 16.2. The van der Waals surface area contributed by atoms with Gasteiger partial charge in [-0.1, -0.05) is 19.6 Å². The molecule has 1 unspecified atom stereocenters. The first-order chi connectivity index (χ1) is 22.8. The molecule has 1 amide bonds. The van der Waals surface area contributed by atoms with E-state index in [1.807, 2.05) is 59.0 Å². The second-order valence-electron chi connectivity index (χ2n) is 11.3. The van der Waals surface area contributed by atoms with E-state index in [9.17, 15) is 9.18 Å². The van der Waals surface area contributed by atoms with Gasteiger partial charge in [0.25, 0.3) is 0 Å². The minimum Gasteiger partial charge on any atom is -0.490 e. The van der Waals surface area contributed by atoms with Gasteiger partial charge in [0.1, 0.15) is 35.4 Å². The number of amides is 1. The number of ether oxygens (including phenoxy) is 2. The molecule has 0 bridgehead atoms. The molecule has 0 fully saturated rings. The van der Waals surface area contributed by atoms with Crippen LogP contribution in [0.2, 0.25) is 0 Å². The van der Waals surface area contributed by atoms with E-state index in [0.717, 1.165) is 38.3 Å². The van der Waals surface area contributed by atoms with Gasteiger partial charge < -0.3 is 14.4 Å². The van der Waals surface area contributed by atoms with E-state index in [2.05, 4.69) is 11.7 Å². The van der Waals surface area contributed by atoms with E-state index in [1.165, 1.54) is 30.6 Å². The van der Waals surface area contributed by atoms with Crippen molar-refractivity contribution in [2.45, 2.75) is 25.9 Å². The normalized spacial score (nSPS) is 14.6. The largest absolute Gasteiger partial charge is 0.490 e. The molecule has 240 valence electrons. The molecule has 0 radical (unpaired) electrons. The SMILES string of the molecule is C=CC(=O)N1CCn2nc(-c3nc(-c4ccc5c(cnn5C)c4)c4ccsc4c3-c3c(F)cc(F)cc3OCCOC)cc2C1CC. The zero-order valence-corrected chi connectivity index (χ0v) is 27.0. The summed E-state index contributed by atoms with van der Waals surface area (Å²) in [4.78, 5) is 19.8. The molecule has 5 heterocycles. The number of thiophene rings is 1. The molecule has 0 spiro atoms. The number of carbonyl (C=O) groups excluding carboxylic acids is 1. The Hall–Kier alpha value is -4.94. The van der Waals surface area contributed by atoms with Crippen LogP contribution < -0.4 is 4.74 Å². The predicted octanol–water partition coefficient (Wildman–Crippen LogP) is 7.16. The lowest BCUT2D eigenvalue weighted by atomic mass is 9.96. The van der Waals surface area contributed by atoms with Crippen molar-refractivity contribution in [1.29, 1.82) is 0 Å². The number of aromatic nitrogens is 5. The molecule has 0 aliphatic carbocycles. The highest BCUT2D eigenvalue weighted by Gasteiger charge is 2.32. The van der Waals surface area contributed by atoms with Crippen molar-refractivity contribution in [1.82, 2.24) is 29.4 Å². The summed E-state index contributed by atoms with van der Waals surface area (Å²) in [6.07, 6.45) is 3.80. The number of hydrogen-bond acceptors (Lipinski definition) is 7. The van der Waals surface area contributed by atoms with Crippen molar-refractivity contribution < 1.29 is 23.0 Å². The highest BCUT2D eigenvalue weighted by molar-refractivity contribution is 7.18. The van der Waals surface area contributed by atoms with E-state index < -0.39 is 11.6 Å². The Morgan fingerprint density at radius 3 is 2.74 bits per heavy atom. The number of pyridine rings is 1. The van der Waals surface area contributed by atoms with Gasteiger partial charge in [0.2, 0.25) is 5.91 Å². The second kappa shape index (κ2) is 12.3. The molecule has 1 atom stereocenters. The number of benzene rings is 2. The fraction of sp³-hybridized carbons (Fsp3) is 0.257. The van der Waals surface area contributed by atoms with Crippen molar-refractivity contribution in [2.24, 2.45) is 7.05 Å². The van der Waals surface area contributed by atoms with Crippen LogP contribution in [0.4, 0.5) is 8.78 Å². The van der Waals surface area contributed by atoms with Gasteiger partial charge in [-0.2, -0.15) is 10.2 Å². The molecular formula is C35H32F2N6O3S. The van der Waals surface area contributed by atoms with Crippen molar-refractivity contribution in [3.05, 3.63) is 84.0 Å². The van der Waals surface area contributed by atoms with E-state index >= 15 is 4.39 Å². The number of rotatable bonds is 9. The lowest BCUT2D eigenvalue weighted by Gasteiger charge is -2.34. The van der Waals surface area contributed by atoms with Crippen LogP contribution in [0.3, 0.4) is 0 Å². The third-order valence-corrected chi connectivity index (χ3v) is 9.54. The third-order valence-electron chi connectivity index (χ3n) is 8.61. The summed E-state index contributed by atoms with van der Waals surface area (Å²) in [6, 6.07) is 11.7. The van der Waals surface area contributed by atoms with E-state index in [0.29, 0.717) is 42.2 Å². The van der Waals surface area contributed by atoms with Crippen molar-refractivity contribution in [3.63, 3.8) is 0 Å². The van der Waals surface area contributed by atoms with Crippen LogP contribution in [0, 0.1) is 11.6 Å². The minimum absolute atomic E-state index is 0.0417. The summed E-state index contributed by atoms with van der Waals surface area (Å²) in [5.74, 6) is -1.64. The zero-order chi connectivity index (χ0) is 32.8. The fourth-order valence-corrected chi connectivity index (χ4v) is 7.39. The summed E-state index contributed by atoms with van der Waals surface area (Å²) in [5.41, 5.74) is 4.84. The van der Waals surface area contributed by atoms with Crippen LogP contribution >= 0.6 is 11.3 Å². The summed E-state index contributed by atoms with van der Waals surface area (Å²) in [7, 11) is 3.42. The van der Waals surface area contributed by atoms with Gasteiger partial charge in [-0.05, 0) is 42.1 Å². The lowest BCUT2D eigenvalue weighted by Crippen LogP contribution is -2.41. The second-order valence-corrected chi connectivity index (χ2v) is 12.2. The highest BCUT2D eigenvalue weighted by Crippen LogP contribution is 2.47. The molecule has 9 nitrogen and oxygen atoms in total. The first-order valence-electron chi connectivity index (χ1n) is 15.3. The maximum atomic E-state index is 16.1. The summed E-state index contributed by atoms with van der Waals surface area (Å²) >= 11 is 1.44. The topological polar surface area (TPSA) is 87.3 Å². The summed E-state index contributed by atoms with van der Waals surface area (Å²) in [5, 5.41) is 13.1. The minimum atomic E-state index is -0.780. The van der Waals surface area contributed by atoms with Crippen LogP contribution in [0.5, 0.6) is 5.75 Å². The third kappa shape index (κ3) is 5.27. The molecule has 6 aromatic rings. The molecule has 0 saturated heterocycles.